The highest BCUT2D eigenvalue weighted by Gasteiger charge is 2.50. The summed E-state index contributed by atoms with van der Waals surface area (Å²) in [6.45, 7) is 5.08. The van der Waals surface area contributed by atoms with Crippen molar-refractivity contribution < 1.29 is 18.5 Å². The molecular weight excluding hydrogens is 375 g/mol. The van der Waals surface area contributed by atoms with E-state index in [-0.39, 0.29) is 35.6 Å². The number of urea groups is 1. The van der Waals surface area contributed by atoms with Crippen LogP contribution in [0, 0.1) is 31.5 Å². The van der Waals surface area contributed by atoms with Crippen LogP contribution in [0.4, 0.5) is 9.18 Å². The predicted octanol–water partition coefficient (Wildman–Crippen LogP) is 2.86. The third-order valence-corrected chi connectivity index (χ3v) is 6.02. The molecule has 4 rings (SSSR count). The van der Waals surface area contributed by atoms with Gasteiger partial charge in [0.2, 0.25) is 0 Å². The fraction of sp³-hybridized carbons (Fsp3) is 0.476. The number of halogens is 1. The summed E-state index contributed by atoms with van der Waals surface area (Å²) >= 11 is 0. The van der Waals surface area contributed by atoms with Gasteiger partial charge in [-0.15, -0.1) is 0 Å². The number of nitrogens with zero attached hydrogens (tertiary/aromatic N) is 4. The van der Waals surface area contributed by atoms with E-state index >= 15 is 0 Å². The van der Waals surface area contributed by atoms with Crippen LogP contribution < -0.4 is 0 Å². The van der Waals surface area contributed by atoms with Crippen molar-refractivity contribution in [1.29, 1.82) is 0 Å². The number of hydrogen-bond acceptors (Lipinski definition) is 4. The van der Waals surface area contributed by atoms with Crippen molar-refractivity contribution in [3.05, 3.63) is 52.7 Å². The van der Waals surface area contributed by atoms with Gasteiger partial charge in [0.05, 0.1) is 11.7 Å². The largest absolute Gasteiger partial charge is 0.361 e. The first-order valence-corrected chi connectivity index (χ1v) is 9.73. The minimum absolute atomic E-state index is 0.0464. The van der Waals surface area contributed by atoms with E-state index in [1.807, 2.05) is 15.9 Å². The Bertz CT molecular complexity index is 938. The van der Waals surface area contributed by atoms with Crippen LogP contribution in [-0.2, 0) is 0 Å². The number of hydrogen-bond donors (Lipinski definition) is 0. The first kappa shape index (κ1) is 19.4. The molecule has 0 radical (unpaired) electrons. The standard InChI is InChI=1S/C21H25FN4O3/c1-12-18(13(2)29-23-12)20(27)25-9-15-10-26(21(28)24(3)4)19(17(15)11-25)14-6-5-7-16(22)8-14/h5-8,15,17,19H,9-11H2,1-4H3/t15-,17-,19-/m1/s1. The topological polar surface area (TPSA) is 69.9 Å². The van der Waals surface area contributed by atoms with Crippen molar-refractivity contribution in [2.75, 3.05) is 33.7 Å². The number of fused-ring (bicyclic) bond motifs is 1. The van der Waals surface area contributed by atoms with Crippen LogP contribution >= 0.6 is 0 Å². The summed E-state index contributed by atoms with van der Waals surface area (Å²) in [5.74, 6) is 0.265. The van der Waals surface area contributed by atoms with E-state index in [1.54, 1.807) is 38.9 Å². The third kappa shape index (κ3) is 3.26. The zero-order chi connectivity index (χ0) is 20.9. The summed E-state index contributed by atoms with van der Waals surface area (Å²) in [5, 5.41) is 3.89. The van der Waals surface area contributed by atoms with Gasteiger partial charge in [0.15, 0.2) is 0 Å². The Hall–Kier alpha value is -2.90. The summed E-state index contributed by atoms with van der Waals surface area (Å²) < 4.78 is 19.1. The van der Waals surface area contributed by atoms with Crippen LogP contribution in [0.2, 0.25) is 0 Å². The summed E-state index contributed by atoms with van der Waals surface area (Å²) in [6, 6.07) is 6.03. The predicted molar refractivity (Wildman–Crippen MR) is 104 cm³/mol. The molecule has 8 heteroatoms. The summed E-state index contributed by atoms with van der Waals surface area (Å²) in [6.07, 6.45) is 0. The van der Waals surface area contributed by atoms with Crippen molar-refractivity contribution in [1.82, 2.24) is 19.9 Å². The number of rotatable bonds is 2. The normalized spacial score (nSPS) is 23.4. The van der Waals surface area contributed by atoms with E-state index in [0.29, 0.717) is 36.7 Å². The van der Waals surface area contributed by atoms with E-state index in [1.165, 1.54) is 12.1 Å². The highest BCUT2D eigenvalue weighted by atomic mass is 19.1. The molecule has 0 bridgehead atoms. The highest BCUT2D eigenvalue weighted by molar-refractivity contribution is 5.96. The minimum Gasteiger partial charge on any atom is -0.361 e. The summed E-state index contributed by atoms with van der Waals surface area (Å²) in [4.78, 5) is 31.0. The number of aromatic nitrogens is 1. The molecule has 1 aromatic heterocycles. The van der Waals surface area contributed by atoms with Gasteiger partial charge in [-0.05, 0) is 31.5 Å². The Kier molecular flexibility index (Phi) is 4.80. The smallest absolute Gasteiger partial charge is 0.320 e. The average molecular weight is 400 g/mol. The molecule has 29 heavy (non-hydrogen) atoms. The summed E-state index contributed by atoms with van der Waals surface area (Å²) in [5.41, 5.74) is 1.85. The van der Waals surface area contributed by atoms with Crippen molar-refractivity contribution in [2.45, 2.75) is 19.9 Å². The second kappa shape index (κ2) is 7.17. The number of amides is 3. The third-order valence-electron chi connectivity index (χ3n) is 6.02. The van der Waals surface area contributed by atoms with Gasteiger partial charge in [-0.3, -0.25) is 4.79 Å². The van der Waals surface area contributed by atoms with Crippen LogP contribution in [0.3, 0.4) is 0 Å². The fourth-order valence-electron chi connectivity index (χ4n) is 4.73. The SMILES string of the molecule is Cc1noc(C)c1C(=O)N1C[C@@H]2CN(C(=O)N(C)C)[C@H](c3cccc(F)c3)[C@@H]2C1. The number of aryl methyl sites for hydroxylation is 2. The number of carbonyl (C=O) groups is 2. The fourth-order valence-corrected chi connectivity index (χ4v) is 4.73. The second-order valence-electron chi connectivity index (χ2n) is 8.16. The van der Waals surface area contributed by atoms with Gasteiger partial charge in [-0.2, -0.15) is 0 Å². The lowest BCUT2D eigenvalue weighted by molar-refractivity contribution is 0.0764. The van der Waals surface area contributed by atoms with Crippen LogP contribution in [0.5, 0.6) is 0 Å². The first-order valence-electron chi connectivity index (χ1n) is 9.73. The Labute approximate surface area is 169 Å². The van der Waals surface area contributed by atoms with Gasteiger partial charge in [0.1, 0.15) is 17.1 Å². The minimum atomic E-state index is -0.329. The molecule has 3 amide bonds. The van der Waals surface area contributed by atoms with Gasteiger partial charge in [0, 0.05) is 45.6 Å². The molecule has 0 spiro atoms. The van der Waals surface area contributed by atoms with Gasteiger partial charge in [-0.25, -0.2) is 9.18 Å². The molecule has 2 saturated heterocycles. The van der Waals surface area contributed by atoms with Crippen molar-refractivity contribution in [2.24, 2.45) is 11.8 Å². The van der Waals surface area contributed by atoms with Crippen LogP contribution in [0.1, 0.15) is 33.4 Å². The highest BCUT2D eigenvalue weighted by Crippen LogP contribution is 2.45. The van der Waals surface area contributed by atoms with Crippen molar-refractivity contribution in [3.63, 3.8) is 0 Å². The van der Waals surface area contributed by atoms with E-state index in [2.05, 4.69) is 5.16 Å². The maximum absolute atomic E-state index is 13.9. The van der Waals surface area contributed by atoms with Gasteiger partial charge < -0.3 is 19.2 Å². The molecule has 0 N–H and O–H groups in total. The molecule has 7 nitrogen and oxygen atoms in total. The molecule has 0 saturated carbocycles. The first-order chi connectivity index (χ1) is 13.8. The molecule has 2 aliphatic heterocycles. The van der Waals surface area contributed by atoms with E-state index in [4.69, 9.17) is 4.52 Å². The van der Waals surface area contributed by atoms with E-state index in [0.717, 1.165) is 5.56 Å². The van der Waals surface area contributed by atoms with Gasteiger partial charge >= 0.3 is 6.03 Å². The number of carbonyl (C=O) groups excluding carboxylic acids is 2. The molecule has 154 valence electrons. The molecule has 3 atom stereocenters. The maximum atomic E-state index is 13.9. The van der Waals surface area contributed by atoms with E-state index in [9.17, 15) is 14.0 Å². The molecule has 2 aromatic rings. The monoisotopic (exact) mass is 400 g/mol. The Morgan fingerprint density at radius 1 is 1.21 bits per heavy atom. The quantitative estimate of drug-likeness (QED) is 0.777. The molecule has 0 unspecified atom stereocenters. The van der Waals surface area contributed by atoms with Crippen molar-refractivity contribution in [3.8, 4) is 0 Å². The maximum Gasteiger partial charge on any atom is 0.320 e. The molecule has 3 heterocycles. The number of likely N-dealkylation sites (tertiary alicyclic amines) is 2. The van der Waals surface area contributed by atoms with Crippen LogP contribution in [-0.4, -0.2) is 65.5 Å². The molecule has 2 aliphatic rings. The van der Waals surface area contributed by atoms with Crippen LogP contribution in [0.25, 0.3) is 0 Å². The van der Waals surface area contributed by atoms with Crippen molar-refractivity contribution >= 4 is 11.9 Å². The lowest BCUT2D eigenvalue weighted by Crippen LogP contribution is -2.42. The molecular formula is C21H25FN4O3. The Morgan fingerprint density at radius 3 is 2.59 bits per heavy atom. The van der Waals surface area contributed by atoms with Gasteiger partial charge in [0.25, 0.3) is 5.91 Å². The van der Waals surface area contributed by atoms with E-state index < -0.39 is 0 Å². The second-order valence-corrected chi connectivity index (χ2v) is 8.16. The Balaban J connectivity index is 1.64. The molecule has 1 aromatic carbocycles. The zero-order valence-electron chi connectivity index (χ0n) is 17.1. The zero-order valence-corrected chi connectivity index (χ0v) is 17.1. The number of benzene rings is 1. The Morgan fingerprint density at radius 2 is 1.97 bits per heavy atom. The van der Waals surface area contributed by atoms with Crippen LogP contribution in [0.15, 0.2) is 28.8 Å². The average Bonchev–Trinajstić information content (AvgIpc) is 3.32. The lowest BCUT2D eigenvalue weighted by Gasteiger charge is -2.32. The van der Waals surface area contributed by atoms with Gasteiger partial charge in [-0.1, -0.05) is 17.3 Å². The lowest BCUT2D eigenvalue weighted by atomic mass is 9.89. The summed E-state index contributed by atoms with van der Waals surface area (Å²) in [7, 11) is 3.43. The molecule has 2 fully saturated rings. The molecule has 0 aliphatic carbocycles.